The number of carbonyl (C=O) groups excluding carboxylic acids is 1. The molecular weight excluding hydrogens is 282 g/mol. The molecule has 6 nitrogen and oxygen atoms in total. The van der Waals surface area contributed by atoms with Gasteiger partial charge in [0.15, 0.2) is 5.16 Å². The summed E-state index contributed by atoms with van der Waals surface area (Å²) in [6.07, 6.45) is 2.74. The lowest BCUT2D eigenvalue weighted by atomic mass is 10.2. The first-order chi connectivity index (χ1) is 9.25. The zero-order chi connectivity index (χ0) is 13.5. The highest BCUT2D eigenvalue weighted by Gasteiger charge is 2.06. The van der Waals surface area contributed by atoms with Gasteiger partial charge in [-0.25, -0.2) is 9.97 Å². The third kappa shape index (κ3) is 4.64. The molecule has 0 aliphatic rings. The van der Waals surface area contributed by atoms with Gasteiger partial charge in [-0.1, -0.05) is 11.8 Å². The summed E-state index contributed by atoms with van der Waals surface area (Å²) in [7, 11) is 0. The summed E-state index contributed by atoms with van der Waals surface area (Å²) in [5.74, 6) is 0.853. The molecule has 0 unspecified atom stereocenters. The summed E-state index contributed by atoms with van der Waals surface area (Å²) in [5.41, 5.74) is 2.84. The van der Waals surface area contributed by atoms with E-state index in [2.05, 4.69) is 25.5 Å². The smallest absolute Gasteiger partial charge is 0.220 e. The molecule has 19 heavy (non-hydrogen) atoms. The molecule has 8 heteroatoms. The van der Waals surface area contributed by atoms with E-state index < -0.39 is 0 Å². The lowest BCUT2D eigenvalue weighted by Crippen LogP contribution is -2.25. The average molecular weight is 297 g/mol. The lowest BCUT2D eigenvalue weighted by Gasteiger charge is -2.03. The van der Waals surface area contributed by atoms with Gasteiger partial charge in [-0.2, -0.15) is 5.10 Å². The lowest BCUT2D eigenvalue weighted by molar-refractivity contribution is -0.120. The number of rotatable bonds is 7. The number of hydrogen-bond donors (Lipinski definition) is 2. The minimum absolute atomic E-state index is 0.0750. The summed E-state index contributed by atoms with van der Waals surface area (Å²) >= 11 is 3.14. The molecule has 0 aliphatic carbocycles. The standard InChI is InChI=1S/C11H15N5OS2/c1-8-9(19-7-14-8)2-3-10(17)12-4-5-18-11-13-6-15-16-11/h6-7H,2-5H2,1H3,(H,12,17)(H,13,15,16). The first-order valence-corrected chi connectivity index (χ1v) is 7.76. The van der Waals surface area contributed by atoms with Crippen molar-refractivity contribution in [2.75, 3.05) is 12.3 Å². The molecule has 2 aromatic rings. The minimum Gasteiger partial charge on any atom is -0.355 e. The van der Waals surface area contributed by atoms with E-state index in [4.69, 9.17) is 0 Å². The average Bonchev–Trinajstić information content (AvgIpc) is 3.04. The van der Waals surface area contributed by atoms with Gasteiger partial charge in [0.25, 0.3) is 0 Å². The van der Waals surface area contributed by atoms with Crippen LogP contribution < -0.4 is 5.32 Å². The summed E-state index contributed by atoms with van der Waals surface area (Å²) < 4.78 is 0. The number of thioether (sulfide) groups is 1. The quantitative estimate of drug-likeness (QED) is 0.596. The Morgan fingerprint density at radius 2 is 2.42 bits per heavy atom. The van der Waals surface area contributed by atoms with Gasteiger partial charge in [-0.3, -0.25) is 9.89 Å². The van der Waals surface area contributed by atoms with E-state index in [0.29, 0.717) is 13.0 Å². The van der Waals surface area contributed by atoms with Crippen molar-refractivity contribution in [3.05, 3.63) is 22.4 Å². The van der Waals surface area contributed by atoms with Crippen molar-refractivity contribution >= 4 is 29.0 Å². The Kier molecular flexibility index (Phi) is 5.34. The first kappa shape index (κ1) is 14.0. The maximum atomic E-state index is 11.6. The van der Waals surface area contributed by atoms with Crippen LogP contribution in [-0.4, -0.2) is 38.4 Å². The molecule has 0 bridgehead atoms. The van der Waals surface area contributed by atoms with Crippen LogP contribution in [0.4, 0.5) is 0 Å². The predicted molar refractivity (Wildman–Crippen MR) is 75.3 cm³/mol. The first-order valence-electron chi connectivity index (χ1n) is 5.89. The van der Waals surface area contributed by atoms with Crippen molar-refractivity contribution in [2.24, 2.45) is 0 Å². The van der Waals surface area contributed by atoms with Crippen molar-refractivity contribution in [2.45, 2.75) is 24.9 Å². The van der Waals surface area contributed by atoms with Crippen molar-refractivity contribution in [3.8, 4) is 0 Å². The summed E-state index contributed by atoms with van der Waals surface area (Å²) in [6, 6.07) is 0. The van der Waals surface area contributed by atoms with Crippen LogP contribution in [-0.2, 0) is 11.2 Å². The number of carbonyl (C=O) groups is 1. The Balaban J connectivity index is 1.58. The van der Waals surface area contributed by atoms with Crippen molar-refractivity contribution < 1.29 is 4.79 Å². The molecule has 2 N–H and O–H groups in total. The van der Waals surface area contributed by atoms with Gasteiger partial charge in [-0.15, -0.1) is 11.3 Å². The molecule has 0 spiro atoms. The van der Waals surface area contributed by atoms with Crippen LogP contribution >= 0.6 is 23.1 Å². The molecule has 0 aliphatic heterocycles. The number of hydrogen-bond acceptors (Lipinski definition) is 6. The molecule has 102 valence electrons. The number of thiazole rings is 1. The fourth-order valence-corrected chi connectivity index (χ4v) is 2.90. The Morgan fingerprint density at radius 1 is 1.53 bits per heavy atom. The van der Waals surface area contributed by atoms with Gasteiger partial charge in [0.05, 0.1) is 11.2 Å². The molecule has 0 radical (unpaired) electrons. The van der Waals surface area contributed by atoms with Gasteiger partial charge < -0.3 is 5.32 Å². The molecular formula is C11H15N5OS2. The molecule has 1 amide bonds. The van der Waals surface area contributed by atoms with Crippen LogP contribution in [0, 0.1) is 6.92 Å². The third-order valence-electron chi connectivity index (χ3n) is 2.48. The highest BCUT2D eigenvalue weighted by Crippen LogP contribution is 2.14. The molecule has 0 aromatic carbocycles. The normalized spacial score (nSPS) is 10.6. The number of aromatic amines is 1. The summed E-state index contributed by atoms with van der Waals surface area (Å²) in [4.78, 5) is 21.0. The van der Waals surface area contributed by atoms with E-state index in [1.54, 1.807) is 11.3 Å². The highest BCUT2D eigenvalue weighted by molar-refractivity contribution is 7.99. The van der Waals surface area contributed by atoms with Crippen LogP contribution in [0.3, 0.4) is 0 Å². The second kappa shape index (κ2) is 7.25. The predicted octanol–water partition coefficient (Wildman–Crippen LogP) is 1.41. The second-order valence-corrected chi connectivity index (χ2v) is 5.87. The molecule has 2 aromatic heterocycles. The number of amides is 1. The third-order valence-corrected chi connectivity index (χ3v) is 4.35. The van der Waals surface area contributed by atoms with Gasteiger partial charge >= 0.3 is 0 Å². The number of nitrogens with one attached hydrogen (secondary N) is 2. The largest absolute Gasteiger partial charge is 0.355 e. The molecule has 2 rings (SSSR count). The van der Waals surface area contributed by atoms with Gasteiger partial charge in [0, 0.05) is 23.6 Å². The van der Waals surface area contributed by atoms with Crippen molar-refractivity contribution in [1.29, 1.82) is 0 Å². The maximum Gasteiger partial charge on any atom is 0.220 e. The molecule has 0 atom stereocenters. The molecule has 0 saturated heterocycles. The minimum atomic E-state index is 0.0750. The van der Waals surface area contributed by atoms with Gasteiger partial charge in [-0.05, 0) is 13.3 Å². The maximum absolute atomic E-state index is 11.6. The molecule has 0 fully saturated rings. The second-order valence-electron chi connectivity index (χ2n) is 3.85. The number of H-pyrrole nitrogens is 1. The fraction of sp³-hybridized carbons (Fsp3) is 0.455. The van der Waals surface area contributed by atoms with E-state index >= 15 is 0 Å². The Hall–Kier alpha value is -1.41. The van der Waals surface area contributed by atoms with Crippen LogP contribution in [0.5, 0.6) is 0 Å². The molecule has 0 saturated carbocycles. The Labute approximate surface area is 119 Å². The SMILES string of the molecule is Cc1ncsc1CCC(=O)NCCSc1ncn[nH]1. The van der Waals surface area contributed by atoms with E-state index in [-0.39, 0.29) is 5.91 Å². The van der Waals surface area contributed by atoms with Gasteiger partial charge in [0.2, 0.25) is 5.91 Å². The Morgan fingerprint density at radius 3 is 3.11 bits per heavy atom. The van der Waals surface area contributed by atoms with Crippen LogP contribution in [0.15, 0.2) is 17.0 Å². The van der Waals surface area contributed by atoms with Gasteiger partial charge in [0.1, 0.15) is 6.33 Å². The van der Waals surface area contributed by atoms with Crippen LogP contribution in [0.25, 0.3) is 0 Å². The van der Waals surface area contributed by atoms with Crippen LogP contribution in [0.2, 0.25) is 0 Å². The zero-order valence-corrected chi connectivity index (χ0v) is 12.2. The van der Waals surface area contributed by atoms with Crippen LogP contribution in [0.1, 0.15) is 17.0 Å². The zero-order valence-electron chi connectivity index (χ0n) is 10.5. The van der Waals surface area contributed by atoms with E-state index in [0.717, 1.165) is 23.0 Å². The van der Waals surface area contributed by atoms with E-state index in [9.17, 15) is 4.79 Å². The van der Waals surface area contributed by atoms with Crippen molar-refractivity contribution in [3.63, 3.8) is 0 Å². The summed E-state index contributed by atoms with van der Waals surface area (Å²) in [6.45, 7) is 2.60. The number of aryl methyl sites for hydroxylation is 2. The summed E-state index contributed by atoms with van der Waals surface area (Å²) in [5, 5.41) is 10.2. The monoisotopic (exact) mass is 297 g/mol. The van der Waals surface area contributed by atoms with Crippen molar-refractivity contribution in [1.82, 2.24) is 25.5 Å². The number of aromatic nitrogens is 4. The number of nitrogens with zero attached hydrogens (tertiary/aromatic N) is 3. The topological polar surface area (TPSA) is 83.6 Å². The Bertz CT molecular complexity index is 511. The van der Waals surface area contributed by atoms with E-state index in [1.165, 1.54) is 23.0 Å². The highest BCUT2D eigenvalue weighted by atomic mass is 32.2. The fourth-order valence-electron chi connectivity index (χ4n) is 1.48. The van der Waals surface area contributed by atoms with E-state index in [1.807, 2.05) is 12.4 Å². The molecule has 2 heterocycles.